The summed E-state index contributed by atoms with van der Waals surface area (Å²) >= 11 is 6.35. The number of para-hydroxylation sites is 1. The van der Waals surface area contributed by atoms with Crippen LogP contribution in [0.2, 0.25) is 5.02 Å². The van der Waals surface area contributed by atoms with Gasteiger partial charge in [0.05, 0.1) is 10.7 Å². The number of hydrogen-bond donors (Lipinski definition) is 2. The fourth-order valence-corrected chi connectivity index (χ4v) is 3.97. The lowest BCUT2D eigenvalue weighted by Gasteiger charge is -2.32. The van der Waals surface area contributed by atoms with Crippen LogP contribution in [0.5, 0.6) is 0 Å². The van der Waals surface area contributed by atoms with Gasteiger partial charge < -0.3 is 15.4 Å². The quantitative estimate of drug-likeness (QED) is 0.347. The van der Waals surface area contributed by atoms with Crippen LogP contribution in [0.1, 0.15) is 62.9 Å². The van der Waals surface area contributed by atoms with E-state index in [0.29, 0.717) is 16.3 Å². The summed E-state index contributed by atoms with van der Waals surface area (Å²) in [5, 5.41) is 5.83. The maximum absolute atomic E-state index is 13.8. The second kappa shape index (κ2) is 12.2. The highest BCUT2D eigenvalue weighted by Gasteiger charge is 2.37. The third-order valence-corrected chi connectivity index (χ3v) is 6.12. The monoisotopic (exact) mass is 525 g/mol. The number of alkyl carbamates (subject to hydrolysis) is 1. The molecule has 2 rings (SSSR count). The Hall–Kier alpha value is -3.50. The summed E-state index contributed by atoms with van der Waals surface area (Å²) in [4.78, 5) is 41.1. The Morgan fingerprint density at radius 1 is 1.03 bits per heavy atom. The van der Waals surface area contributed by atoms with Gasteiger partial charge in [0.1, 0.15) is 17.7 Å². The molecule has 2 N–H and O–H groups in total. The molecule has 0 spiro atoms. The third kappa shape index (κ3) is 7.74. The van der Waals surface area contributed by atoms with E-state index >= 15 is 0 Å². The van der Waals surface area contributed by atoms with E-state index in [-0.39, 0.29) is 5.92 Å². The Kier molecular flexibility index (Phi) is 9.77. The largest absolute Gasteiger partial charge is 0.444 e. The van der Waals surface area contributed by atoms with Crippen LogP contribution in [0.15, 0.2) is 36.4 Å². The number of nitrogens with one attached hydrogen (secondary N) is 2. The van der Waals surface area contributed by atoms with E-state index in [1.54, 1.807) is 52.8 Å². The molecule has 2 aromatic carbocycles. The summed E-state index contributed by atoms with van der Waals surface area (Å²) in [6.07, 6.45) is 5.09. The lowest BCUT2D eigenvalue weighted by Crippen LogP contribution is -2.53. The number of amides is 3. The summed E-state index contributed by atoms with van der Waals surface area (Å²) < 4.78 is 5.34. The van der Waals surface area contributed by atoms with E-state index in [2.05, 4.69) is 16.7 Å². The molecule has 0 aromatic heterocycles. The van der Waals surface area contributed by atoms with Crippen molar-refractivity contribution in [3.05, 3.63) is 63.7 Å². The van der Waals surface area contributed by atoms with E-state index in [4.69, 9.17) is 22.8 Å². The molecule has 0 radical (unpaired) electrons. The molecule has 0 fully saturated rings. The average molecular weight is 526 g/mol. The van der Waals surface area contributed by atoms with Gasteiger partial charge >= 0.3 is 6.09 Å². The van der Waals surface area contributed by atoms with Gasteiger partial charge in [0.2, 0.25) is 0 Å². The Morgan fingerprint density at radius 2 is 1.68 bits per heavy atom. The number of carbonyl (C=O) groups is 3. The van der Waals surface area contributed by atoms with Crippen molar-refractivity contribution >= 4 is 35.2 Å². The molecule has 8 heteroatoms. The van der Waals surface area contributed by atoms with Crippen molar-refractivity contribution in [2.45, 2.75) is 73.1 Å². The van der Waals surface area contributed by atoms with Crippen molar-refractivity contribution in [1.82, 2.24) is 10.2 Å². The minimum absolute atomic E-state index is 0.342. The van der Waals surface area contributed by atoms with Crippen LogP contribution in [-0.4, -0.2) is 34.5 Å². The molecule has 2 atom stereocenters. The lowest BCUT2D eigenvalue weighted by atomic mass is 9.97. The van der Waals surface area contributed by atoms with Crippen LogP contribution >= 0.6 is 11.6 Å². The highest BCUT2D eigenvalue weighted by Crippen LogP contribution is 2.30. The van der Waals surface area contributed by atoms with Gasteiger partial charge in [-0.15, -0.1) is 0 Å². The van der Waals surface area contributed by atoms with Crippen molar-refractivity contribution in [2.75, 3.05) is 5.32 Å². The number of hydrogen-bond acceptors (Lipinski definition) is 4. The zero-order chi connectivity index (χ0) is 28.1. The first-order chi connectivity index (χ1) is 17.2. The van der Waals surface area contributed by atoms with Crippen LogP contribution in [0.3, 0.4) is 0 Å². The number of aryl methyl sites for hydroxylation is 3. The van der Waals surface area contributed by atoms with Gasteiger partial charge in [-0.3, -0.25) is 14.5 Å². The van der Waals surface area contributed by atoms with Gasteiger partial charge in [-0.25, -0.2) is 4.79 Å². The van der Waals surface area contributed by atoms with Crippen LogP contribution in [-0.2, 0) is 14.3 Å². The first kappa shape index (κ1) is 29.7. The Balaban J connectivity index is 2.53. The first-order valence-electron chi connectivity index (χ1n) is 12.1. The first-order valence-corrected chi connectivity index (χ1v) is 12.5. The van der Waals surface area contributed by atoms with Gasteiger partial charge in [-0.2, -0.15) is 0 Å². The molecule has 198 valence electrons. The van der Waals surface area contributed by atoms with Crippen LogP contribution in [0, 0.1) is 39.2 Å². The third-order valence-electron chi connectivity index (χ3n) is 5.80. The number of ether oxygens (including phenoxy) is 1. The second-order valence-electron chi connectivity index (χ2n) is 10.4. The average Bonchev–Trinajstić information content (AvgIpc) is 2.78. The number of rotatable bonds is 7. The molecule has 0 saturated heterocycles. The molecule has 0 aliphatic carbocycles. The van der Waals surface area contributed by atoms with E-state index < -0.39 is 35.6 Å². The molecule has 0 bridgehead atoms. The highest BCUT2D eigenvalue weighted by molar-refractivity contribution is 6.34. The maximum atomic E-state index is 13.8. The number of carbonyl (C=O) groups excluding carboxylic acids is 3. The van der Waals surface area contributed by atoms with Crippen molar-refractivity contribution in [2.24, 2.45) is 5.92 Å². The van der Waals surface area contributed by atoms with E-state index in [9.17, 15) is 14.4 Å². The molecule has 37 heavy (non-hydrogen) atoms. The van der Waals surface area contributed by atoms with E-state index in [0.717, 1.165) is 21.6 Å². The highest BCUT2D eigenvalue weighted by atomic mass is 35.5. The van der Waals surface area contributed by atoms with Crippen LogP contribution in [0.25, 0.3) is 0 Å². The normalized spacial score (nSPS) is 12.8. The van der Waals surface area contributed by atoms with E-state index in [1.807, 2.05) is 39.0 Å². The molecular weight excluding hydrogens is 490 g/mol. The molecule has 0 saturated carbocycles. The lowest BCUT2D eigenvalue weighted by molar-refractivity contribution is -0.137. The second-order valence-corrected chi connectivity index (χ2v) is 10.8. The topological polar surface area (TPSA) is 87.7 Å². The fraction of sp³-hybridized carbons (Fsp3) is 0.414. The molecule has 7 nitrogen and oxygen atoms in total. The standard InChI is InChI=1S/C29H36ClN3O4/c1-10-33(27(35)23(17(2)3)32-28(36)37-29(7,8)9)25(21-15-14-18(4)20(6)16-21)26(34)31-24-19(5)12-11-13-22(24)30/h1,11-17,23,25H,2-9H3,(H,31,34)(H,32,36). The van der Waals surface area contributed by atoms with Gasteiger partial charge in [-0.1, -0.05) is 62.2 Å². The smallest absolute Gasteiger partial charge is 0.408 e. The predicted molar refractivity (Wildman–Crippen MR) is 147 cm³/mol. The molecule has 0 heterocycles. The SMILES string of the molecule is C#CN(C(=O)C(NC(=O)OC(C)(C)C)C(C)C)C(C(=O)Nc1c(C)cccc1Cl)c1ccc(C)c(C)c1. The minimum Gasteiger partial charge on any atom is -0.444 e. The van der Waals surface area contributed by atoms with E-state index in [1.165, 1.54) is 0 Å². The molecule has 3 amide bonds. The van der Waals surface area contributed by atoms with Gasteiger partial charge in [0.15, 0.2) is 0 Å². The van der Waals surface area contributed by atoms with Crippen molar-refractivity contribution in [3.8, 4) is 12.5 Å². The summed E-state index contributed by atoms with van der Waals surface area (Å²) in [7, 11) is 0. The van der Waals surface area contributed by atoms with Gasteiger partial charge in [0.25, 0.3) is 11.8 Å². The molecule has 2 aromatic rings. The van der Waals surface area contributed by atoms with Crippen molar-refractivity contribution < 1.29 is 19.1 Å². The summed E-state index contributed by atoms with van der Waals surface area (Å²) in [5.74, 6) is -1.49. The van der Waals surface area contributed by atoms with Gasteiger partial charge in [-0.05, 0) is 75.8 Å². The van der Waals surface area contributed by atoms with Crippen molar-refractivity contribution in [3.63, 3.8) is 0 Å². The van der Waals surface area contributed by atoms with Crippen LogP contribution < -0.4 is 10.6 Å². The Labute approximate surface area is 224 Å². The predicted octanol–water partition coefficient (Wildman–Crippen LogP) is 5.91. The summed E-state index contributed by atoms with van der Waals surface area (Å²) in [5.41, 5.74) is 2.91. The number of benzene rings is 2. The van der Waals surface area contributed by atoms with Crippen LogP contribution in [0.4, 0.5) is 10.5 Å². The molecule has 0 aliphatic rings. The summed E-state index contributed by atoms with van der Waals surface area (Å²) in [6.45, 7) is 14.4. The maximum Gasteiger partial charge on any atom is 0.408 e. The minimum atomic E-state index is -1.19. The molecular formula is C29H36ClN3O4. The zero-order valence-electron chi connectivity index (χ0n) is 22.7. The fourth-order valence-electron chi connectivity index (χ4n) is 3.70. The van der Waals surface area contributed by atoms with Crippen molar-refractivity contribution in [1.29, 1.82) is 0 Å². The Bertz CT molecular complexity index is 1190. The zero-order valence-corrected chi connectivity index (χ0v) is 23.5. The number of anilines is 1. The number of terminal acetylenes is 1. The number of halogens is 1. The Morgan fingerprint density at radius 3 is 2.19 bits per heavy atom. The van der Waals surface area contributed by atoms with Gasteiger partial charge in [0, 0.05) is 6.04 Å². The summed E-state index contributed by atoms with van der Waals surface area (Å²) in [6, 6.07) is 10.9. The molecule has 2 unspecified atom stereocenters. The number of nitrogens with zero attached hydrogens (tertiary/aromatic N) is 1. The molecule has 0 aliphatic heterocycles.